The molecule has 4 heteroatoms. The van der Waals surface area contributed by atoms with Gasteiger partial charge in [-0.1, -0.05) is 6.07 Å². The van der Waals surface area contributed by atoms with Crippen LogP contribution in [0.15, 0.2) is 12.1 Å². The molecule has 88 valence electrons. The molecule has 1 aromatic rings. The Labute approximate surface area is 102 Å². The largest absolute Gasteiger partial charge is 0.355 e. The van der Waals surface area contributed by atoms with Crippen molar-refractivity contribution in [3.05, 3.63) is 23.4 Å². The number of nitrogens with zero attached hydrogens (tertiary/aromatic N) is 2. The molecule has 0 atom stereocenters. The fourth-order valence-corrected chi connectivity index (χ4v) is 2.83. The Morgan fingerprint density at radius 3 is 2.75 bits per heavy atom. The highest BCUT2D eigenvalue weighted by Gasteiger charge is 2.12. The maximum atomic E-state index is 4.69. The molecule has 1 saturated heterocycles. The molecule has 1 aliphatic heterocycles. The zero-order valence-corrected chi connectivity index (χ0v) is 10.8. The van der Waals surface area contributed by atoms with Gasteiger partial charge in [-0.2, -0.15) is 11.8 Å². The summed E-state index contributed by atoms with van der Waals surface area (Å²) < 4.78 is 0. The van der Waals surface area contributed by atoms with Crippen LogP contribution in [-0.4, -0.2) is 36.6 Å². The van der Waals surface area contributed by atoms with E-state index in [2.05, 4.69) is 29.3 Å². The lowest BCUT2D eigenvalue weighted by molar-refractivity contribution is 0.794. The second-order valence-electron chi connectivity index (χ2n) is 4.04. The number of rotatable bonds is 3. The van der Waals surface area contributed by atoms with Gasteiger partial charge in [0.1, 0.15) is 5.82 Å². The zero-order chi connectivity index (χ0) is 11.4. The molecule has 0 unspecified atom stereocenters. The van der Waals surface area contributed by atoms with Gasteiger partial charge in [0.15, 0.2) is 0 Å². The average molecular weight is 237 g/mol. The third kappa shape index (κ3) is 2.68. The Bertz CT molecular complexity index is 348. The standard InChI is InChI=1S/C12H19N3S/c1-10-11(9-13-2)3-4-12(14-10)15-5-7-16-8-6-15/h3-4,13H,5-9H2,1-2H3. The molecule has 1 aliphatic rings. The summed E-state index contributed by atoms with van der Waals surface area (Å²) in [6, 6.07) is 4.34. The average Bonchev–Trinajstić information content (AvgIpc) is 2.33. The molecular formula is C12H19N3S. The fraction of sp³-hybridized carbons (Fsp3) is 0.583. The van der Waals surface area contributed by atoms with Crippen LogP contribution in [0.2, 0.25) is 0 Å². The van der Waals surface area contributed by atoms with Gasteiger partial charge < -0.3 is 10.2 Å². The van der Waals surface area contributed by atoms with Crippen molar-refractivity contribution in [3.8, 4) is 0 Å². The lowest BCUT2D eigenvalue weighted by Gasteiger charge is -2.27. The van der Waals surface area contributed by atoms with Gasteiger partial charge in [-0.25, -0.2) is 4.98 Å². The lowest BCUT2D eigenvalue weighted by Crippen LogP contribution is -2.33. The van der Waals surface area contributed by atoms with Crippen molar-refractivity contribution in [1.29, 1.82) is 0 Å². The Balaban J connectivity index is 2.13. The minimum absolute atomic E-state index is 0.898. The topological polar surface area (TPSA) is 28.2 Å². The molecule has 0 bridgehead atoms. The van der Waals surface area contributed by atoms with Crippen LogP contribution in [0.25, 0.3) is 0 Å². The van der Waals surface area contributed by atoms with E-state index in [4.69, 9.17) is 4.98 Å². The summed E-state index contributed by atoms with van der Waals surface area (Å²) in [5.41, 5.74) is 2.43. The van der Waals surface area contributed by atoms with Gasteiger partial charge in [-0.05, 0) is 25.6 Å². The number of hydrogen-bond acceptors (Lipinski definition) is 4. The normalized spacial score (nSPS) is 16.5. The van der Waals surface area contributed by atoms with Crippen molar-refractivity contribution >= 4 is 17.6 Å². The monoisotopic (exact) mass is 237 g/mol. The summed E-state index contributed by atoms with van der Waals surface area (Å²) in [5, 5.41) is 3.17. The van der Waals surface area contributed by atoms with E-state index >= 15 is 0 Å². The predicted octanol–water partition coefficient (Wildman–Crippen LogP) is 1.66. The van der Waals surface area contributed by atoms with Gasteiger partial charge in [0, 0.05) is 36.8 Å². The first kappa shape index (κ1) is 11.7. The Kier molecular flexibility index (Phi) is 4.07. The van der Waals surface area contributed by atoms with Gasteiger partial charge in [0.2, 0.25) is 0 Å². The third-order valence-electron chi connectivity index (χ3n) is 2.88. The molecule has 2 rings (SSSR count). The Morgan fingerprint density at radius 2 is 2.12 bits per heavy atom. The Hall–Kier alpha value is -0.740. The summed E-state index contributed by atoms with van der Waals surface area (Å²) in [6.45, 7) is 5.24. The summed E-state index contributed by atoms with van der Waals surface area (Å²) in [4.78, 5) is 7.07. The molecule has 3 nitrogen and oxygen atoms in total. The number of aryl methyl sites for hydroxylation is 1. The van der Waals surface area contributed by atoms with Gasteiger partial charge in [0.05, 0.1) is 0 Å². The van der Waals surface area contributed by atoms with Crippen LogP contribution in [0, 0.1) is 6.92 Å². The van der Waals surface area contributed by atoms with Crippen molar-refractivity contribution in [3.63, 3.8) is 0 Å². The minimum atomic E-state index is 0.898. The highest BCUT2D eigenvalue weighted by Crippen LogP contribution is 2.19. The molecule has 16 heavy (non-hydrogen) atoms. The second kappa shape index (κ2) is 5.55. The summed E-state index contributed by atoms with van der Waals surface area (Å²) in [7, 11) is 1.97. The summed E-state index contributed by atoms with van der Waals surface area (Å²) in [5.74, 6) is 3.58. The molecule has 1 N–H and O–H groups in total. The second-order valence-corrected chi connectivity index (χ2v) is 5.27. The van der Waals surface area contributed by atoms with Crippen LogP contribution < -0.4 is 10.2 Å². The van der Waals surface area contributed by atoms with E-state index in [9.17, 15) is 0 Å². The predicted molar refractivity (Wildman–Crippen MR) is 71.3 cm³/mol. The maximum absolute atomic E-state index is 4.69. The molecular weight excluding hydrogens is 218 g/mol. The quantitative estimate of drug-likeness (QED) is 0.865. The zero-order valence-electron chi connectivity index (χ0n) is 9.99. The van der Waals surface area contributed by atoms with Gasteiger partial charge >= 0.3 is 0 Å². The van der Waals surface area contributed by atoms with Crippen LogP contribution in [-0.2, 0) is 6.54 Å². The van der Waals surface area contributed by atoms with Crippen molar-refractivity contribution in [2.24, 2.45) is 0 Å². The number of pyridine rings is 1. The van der Waals surface area contributed by atoms with E-state index in [1.54, 1.807) is 0 Å². The first-order chi connectivity index (χ1) is 7.81. The summed E-state index contributed by atoms with van der Waals surface area (Å²) >= 11 is 2.03. The van der Waals surface area contributed by atoms with Crippen LogP contribution >= 0.6 is 11.8 Å². The molecule has 2 heterocycles. The van der Waals surface area contributed by atoms with E-state index < -0.39 is 0 Å². The molecule has 0 aromatic carbocycles. The molecule has 1 aromatic heterocycles. The summed E-state index contributed by atoms with van der Waals surface area (Å²) in [6.07, 6.45) is 0. The van der Waals surface area contributed by atoms with Crippen molar-refractivity contribution in [2.45, 2.75) is 13.5 Å². The highest BCUT2D eigenvalue weighted by molar-refractivity contribution is 7.99. The smallest absolute Gasteiger partial charge is 0.128 e. The first-order valence-electron chi connectivity index (χ1n) is 5.75. The maximum Gasteiger partial charge on any atom is 0.128 e. The first-order valence-corrected chi connectivity index (χ1v) is 6.90. The highest BCUT2D eigenvalue weighted by atomic mass is 32.2. The molecule has 0 saturated carbocycles. The number of anilines is 1. The fourth-order valence-electron chi connectivity index (χ4n) is 1.92. The van der Waals surface area contributed by atoms with Crippen LogP contribution in [0.3, 0.4) is 0 Å². The van der Waals surface area contributed by atoms with Crippen molar-refractivity contribution in [1.82, 2.24) is 10.3 Å². The number of nitrogens with one attached hydrogen (secondary N) is 1. The van der Waals surface area contributed by atoms with E-state index in [1.807, 2.05) is 18.8 Å². The van der Waals surface area contributed by atoms with E-state index in [1.165, 1.54) is 17.1 Å². The SMILES string of the molecule is CNCc1ccc(N2CCSCC2)nc1C. The lowest BCUT2D eigenvalue weighted by atomic mass is 10.2. The third-order valence-corrected chi connectivity index (χ3v) is 3.83. The molecule has 0 amide bonds. The van der Waals surface area contributed by atoms with Crippen LogP contribution in [0.5, 0.6) is 0 Å². The van der Waals surface area contributed by atoms with Gasteiger partial charge in [0.25, 0.3) is 0 Å². The number of aromatic nitrogens is 1. The van der Waals surface area contributed by atoms with E-state index in [0.717, 1.165) is 31.1 Å². The molecule has 0 aliphatic carbocycles. The van der Waals surface area contributed by atoms with Gasteiger partial charge in [-0.3, -0.25) is 0 Å². The minimum Gasteiger partial charge on any atom is -0.355 e. The van der Waals surface area contributed by atoms with Crippen molar-refractivity contribution < 1.29 is 0 Å². The van der Waals surface area contributed by atoms with E-state index in [-0.39, 0.29) is 0 Å². The van der Waals surface area contributed by atoms with Crippen LogP contribution in [0.4, 0.5) is 5.82 Å². The van der Waals surface area contributed by atoms with Crippen LogP contribution in [0.1, 0.15) is 11.3 Å². The number of hydrogen-bond donors (Lipinski definition) is 1. The van der Waals surface area contributed by atoms with Crippen molar-refractivity contribution in [2.75, 3.05) is 36.5 Å². The van der Waals surface area contributed by atoms with E-state index in [0.29, 0.717) is 0 Å². The molecule has 0 radical (unpaired) electrons. The molecule has 1 fully saturated rings. The van der Waals surface area contributed by atoms with Gasteiger partial charge in [-0.15, -0.1) is 0 Å². The Morgan fingerprint density at radius 1 is 1.38 bits per heavy atom. The molecule has 0 spiro atoms. The number of thioether (sulfide) groups is 1.